The molecule has 1 fully saturated rings. The highest BCUT2D eigenvalue weighted by atomic mass is 35.5. The van der Waals surface area contributed by atoms with Gasteiger partial charge in [-0.15, -0.1) is 12.4 Å². The third-order valence-corrected chi connectivity index (χ3v) is 3.63. The molecule has 0 bridgehead atoms. The fraction of sp³-hybridized carbons (Fsp3) is 0.714. The van der Waals surface area contributed by atoms with Crippen molar-refractivity contribution >= 4 is 18.3 Å². The van der Waals surface area contributed by atoms with Crippen LogP contribution in [0.3, 0.4) is 0 Å². The van der Waals surface area contributed by atoms with Gasteiger partial charge < -0.3 is 10.2 Å². The minimum Gasteiger partial charge on any atom is -0.337 e. The van der Waals surface area contributed by atoms with Crippen LogP contribution in [0.2, 0.25) is 0 Å². The number of halogens is 1. The summed E-state index contributed by atoms with van der Waals surface area (Å²) in [6, 6.07) is 0.412. The average molecular weight is 301 g/mol. The molecule has 0 saturated carbocycles. The zero-order valence-corrected chi connectivity index (χ0v) is 13.5. The highest BCUT2D eigenvalue weighted by molar-refractivity contribution is 5.93. The maximum atomic E-state index is 12.4. The fourth-order valence-corrected chi connectivity index (χ4v) is 2.38. The summed E-state index contributed by atoms with van der Waals surface area (Å²) in [5.41, 5.74) is 0.597. The number of hydrogen-bond acceptors (Lipinski definition) is 3. The SMILES string of the molecule is CNC1CCCN(C(=O)c2cnn(C(C)(C)C)c2)C1.Cl. The van der Waals surface area contributed by atoms with E-state index in [0.29, 0.717) is 11.6 Å². The van der Waals surface area contributed by atoms with Gasteiger partial charge in [0.15, 0.2) is 0 Å². The van der Waals surface area contributed by atoms with Gasteiger partial charge in [-0.3, -0.25) is 9.48 Å². The van der Waals surface area contributed by atoms with E-state index in [1.165, 1.54) is 0 Å². The largest absolute Gasteiger partial charge is 0.337 e. The maximum absolute atomic E-state index is 12.4. The van der Waals surface area contributed by atoms with Crippen LogP contribution < -0.4 is 5.32 Å². The Kier molecular flexibility index (Phi) is 5.59. The summed E-state index contributed by atoms with van der Waals surface area (Å²) in [7, 11) is 1.95. The number of likely N-dealkylation sites (tertiary alicyclic amines) is 1. The second kappa shape index (κ2) is 6.59. The number of nitrogens with one attached hydrogen (secondary N) is 1. The summed E-state index contributed by atoms with van der Waals surface area (Å²) >= 11 is 0. The molecule has 0 spiro atoms. The summed E-state index contributed by atoms with van der Waals surface area (Å²) < 4.78 is 1.85. The van der Waals surface area contributed by atoms with Crippen LogP contribution in [-0.4, -0.2) is 46.8 Å². The smallest absolute Gasteiger partial charge is 0.257 e. The Morgan fingerprint density at radius 2 is 2.15 bits per heavy atom. The van der Waals surface area contributed by atoms with E-state index >= 15 is 0 Å². The van der Waals surface area contributed by atoms with Crippen LogP contribution in [0, 0.1) is 0 Å². The molecule has 1 saturated heterocycles. The first kappa shape index (κ1) is 17.0. The summed E-state index contributed by atoms with van der Waals surface area (Å²) in [6.07, 6.45) is 5.73. The molecule has 1 N–H and O–H groups in total. The summed E-state index contributed by atoms with van der Waals surface area (Å²) in [5.74, 6) is 0.0930. The van der Waals surface area contributed by atoms with Crippen LogP contribution in [0.15, 0.2) is 12.4 Å². The lowest BCUT2D eigenvalue weighted by Crippen LogP contribution is -2.46. The quantitative estimate of drug-likeness (QED) is 0.907. The van der Waals surface area contributed by atoms with Gasteiger partial charge in [-0.2, -0.15) is 5.10 Å². The third kappa shape index (κ3) is 3.73. The summed E-state index contributed by atoms with van der Waals surface area (Å²) in [4.78, 5) is 14.4. The van der Waals surface area contributed by atoms with Crippen molar-refractivity contribution in [1.82, 2.24) is 20.0 Å². The van der Waals surface area contributed by atoms with E-state index in [0.717, 1.165) is 25.9 Å². The minimum atomic E-state index is -0.0893. The first-order valence-electron chi connectivity index (χ1n) is 6.93. The van der Waals surface area contributed by atoms with Crippen LogP contribution in [0.25, 0.3) is 0 Å². The van der Waals surface area contributed by atoms with Gasteiger partial charge in [-0.1, -0.05) is 0 Å². The molecule has 0 radical (unpaired) electrons. The predicted octanol–water partition coefficient (Wildman–Crippen LogP) is 1.88. The monoisotopic (exact) mass is 300 g/mol. The van der Waals surface area contributed by atoms with E-state index in [4.69, 9.17) is 0 Å². The van der Waals surface area contributed by atoms with Gasteiger partial charge in [0.25, 0.3) is 5.91 Å². The van der Waals surface area contributed by atoms with Crippen LogP contribution in [-0.2, 0) is 5.54 Å². The molecule has 1 aromatic heterocycles. The van der Waals surface area contributed by atoms with Gasteiger partial charge in [0.2, 0.25) is 0 Å². The molecule has 6 heteroatoms. The lowest BCUT2D eigenvalue weighted by molar-refractivity contribution is 0.0698. The molecule has 0 aromatic carbocycles. The standard InChI is InChI=1S/C14H24N4O.ClH/c1-14(2,3)18-9-11(8-16-18)13(19)17-7-5-6-12(10-17)15-4;/h8-9,12,15H,5-7,10H2,1-4H3;1H. The molecule has 1 aromatic rings. The van der Waals surface area contributed by atoms with Gasteiger partial charge in [0, 0.05) is 25.3 Å². The van der Waals surface area contributed by atoms with E-state index in [9.17, 15) is 4.79 Å². The van der Waals surface area contributed by atoms with Crippen LogP contribution in [0.5, 0.6) is 0 Å². The van der Waals surface area contributed by atoms with Crippen LogP contribution in [0.1, 0.15) is 44.0 Å². The van der Waals surface area contributed by atoms with Crippen molar-refractivity contribution in [1.29, 1.82) is 0 Å². The molecule has 20 heavy (non-hydrogen) atoms. The first-order valence-corrected chi connectivity index (χ1v) is 6.93. The predicted molar refractivity (Wildman–Crippen MR) is 82.5 cm³/mol. The van der Waals surface area contributed by atoms with Gasteiger partial charge in [0.05, 0.1) is 17.3 Å². The van der Waals surface area contributed by atoms with E-state index in [-0.39, 0.29) is 23.9 Å². The van der Waals surface area contributed by atoms with Crippen molar-refractivity contribution in [2.24, 2.45) is 0 Å². The van der Waals surface area contributed by atoms with E-state index in [1.807, 2.05) is 22.8 Å². The van der Waals surface area contributed by atoms with Gasteiger partial charge >= 0.3 is 0 Å². The second-order valence-electron chi connectivity index (χ2n) is 6.22. The number of aromatic nitrogens is 2. The molecule has 2 heterocycles. The Hall–Kier alpha value is -1.07. The molecule has 114 valence electrons. The van der Waals surface area contributed by atoms with E-state index in [2.05, 4.69) is 31.2 Å². The number of hydrogen-bond donors (Lipinski definition) is 1. The van der Waals surface area contributed by atoms with Gasteiger partial charge in [-0.25, -0.2) is 0 Å². The number of rotatable bonds is 2. The normalized spacial score (nSPS) is 19.6. The number of likely N-dealkylation sites (N-methyl/N-ethyl adjacent to an activating group) is 1. The highest BCUT2D eigenvalue weighted by Crippen LogP contribution is 2.16. The number of amides is 1. The van der Waals surface area contributed by atoms with Crippen molar-refractivity contribution in [2.45, 2.75) is 45.2 Å². The molecule has 1 amide bonds. The summed E-state index contributed by atoms with van der Waals surface area (Å²) in [5, 5.41) is 7.55. The highest BCUT2D eigenvalue weighted by Gasteiger charge is 2.25. The Balaban J connectivity index is 0.00000200. The lowest BCUT2D eigenvalue weighted by atomic mass is 10.1. The second-order valence-corrected chi connectivity index (χ2v) is 6.22. The van der Waals surface area contributed by atoms with E-state index in [1.54, 1.807) is 6.20 Å². The Morgan fingerprint density at radius 3 is 2.70 bits per heavy atom. The van der Waals surface area contributed by atoms with E-state index < -0.39 is 0 Å². The molecular formula is C14H25ClN4O. The van der Waals surface area contributed by atoms with Gasteiger partial charge in [-0.05, 0) is 40.7 Å². The molecule has 2 rings (SSSR count). The lowest BCUT2D eigenvalue weighted by Gasteiger charge is -2.32. The van der Waals surface area contributed by atoms with Crippen molar-refractivity contribution in [3.63, 3.8) is 0 Å². The van der Waals surface area contributed by atoms with Crippen LogP contribution >= 0.6 is 12.4 Å². The molecule has 5 nitrogen and oxygen atoms in total. The van der Waals surface area contributed by atoms with Gasteiger partial charge in [0.1, 0.15) is 0 Å². The molecule has 1 unspecified atom stereocenters. The zero-order valence-electron chi connectivity index (χ0n) is 12.7. The molecular weight excluding hydrogens is 276 g/mol. The molecule has 0 aliphatic carbocycles. The average Bonchev–Trinajstić information content (AvgIpc) is 2.87. The Bertz CT molecular complexity index is 452. The first-order chi connectivity index (χ1) is 8.91. The zero-order chi connectivity index (χ0) is 14.0. The molecule has 1 aliphatic rings. The van der Waals surface area contributed by atoms with Crippen molar-refractivity contribution in [2.75, 3.05) is 20.1 Å². The molecule has 1 atom stereocenters. The third-order valence-electron chi connectivity index (χ3n) is 3.63. The maximum Gasteiger partial charge on any atom is 0.257 e. The van der Waals surface area contributed by atoms with Crippen molar-refractivity contribution in [3.8, 4) is 0 Å². The summed E-state index contributed by atoms with van der Waals surface area (Å²) in [6.45, 7) is 7.86. The van der Waals surface area contributed by atoms with Crippen molar-refractivity contribution < 1.29 is 4.79 Å². The van der Waals surface area contributed by atoms with Crippen molar-refractivity contribution in [3.05, 3.63) is 18.0 Å². The van der Waals surface area contributed by atoms with Crippen LogP contribution in [0.4, 0.5) is 0 Å². The topological polar surface area (TPSA) is 50.2 Å². The Labute approximate surface area is 127 Å². The number of nitrogens with zero attached hydrogens (tertiary/aromatic N) is 3. The Morgan fingerprint density at radius 1 is 1.45 bits per heavy atom. The molecule has 1 aliphatic heterocycles. The number of carbonyl (C=O) groups is 1. The fourth-order valence-electron chi connectivity index (χ4n) is 2.38. The number of piperidine rings is 1. The minimum absolute atomic E-state index is 0. The number of carbonyl (C=O) groups excluding carboxylic acids is 1.